The number of nitrogens with two attached hydrogens (primary N) is 1. The number of hydrogen-bond donors (Lipinski definition) is 2. The minimum absolute atomic E-state index is 0.0226. The fraction of sp³-hybridized carbons (Fsp3) is 0.600. The maximum Gasteiger partial charge on any atom is 0.410 e. The molecule has 2 heterocycles. The first-order chi connectivity index (χ1) is 10.3. The lowest BCUT2D eigenvalue weighted by Gasteiger charge is -2.26. The zero-order chi connectivity index (χ0) is 16.3. The minimum atomic E-state index is -0.530. The van der Waals surface area contributed by atoms with Gasteiger partial charge in [-0.1, -0.05) is 0 Å². The van der Waals surface area contributed by atoms with Gasteiger partial charge in [0, 0.05) is 24.8 Å². The Morgan fingerprint density at radius 1 is 1.59 bits per heavy atom. The molecule has 22 heavy (non-hydrogen) atoms. The van der Waals surface area contributed by atoms with Gasteiger partial charge in [0.05, 0.1) is 12.2 Å². The summed E-state index contributed by atoms with van der Waals surface area (Å²) in [6.45, 7) is 6.54. The highest BCUT2D eigenvalue weighted by molar-refractivity contribution is 5.68. The molecule has 0 saturated carbocycles. The second kappa shape index (κ2) is 6.58. The number of hydrazine groups is 1. The molecular weight excluding hydrogens is 287 g/mol. The van der Waals surface area contributed by atoms with E-state index in [-0.39, 0.29) is 18.1 Å². The summed E-state index contributed by atoms with van der Waals surface area (Å²) in [4.78, 5) is 17.5. The smallest absolute Gasteiger partial charge is 0.410 e. The van der Waals surface area contributed by atoms with Crippen LogP contribution in [0.15, 0.2) is 18.5 Å². The van der Waals surface area contributed by atoms with E-state index in [1.54, 1.807) is 11.0 Å². The average molecular weight is 310 g/mol. The molecule has 1 aromatic heterocycles. The van der Waals surface area contributed by atoms with Gasteiger partial charge in [-0.15, -0.1) is 0 Å². The number of nitrogens with zero attached hydrogens (tertiary/aromatic N) is 2. The fourth-order valence-electron chi connectivity index (χ4n) is 2.67. The molecule has 7 heteroatoms. The normalized spacial score (nSPS) is 20.0. The van der Waals surface area contributed by atoms with Crippen molar-refractivity contribution < 1.29 is 13.9 Å². The average Bonchev–Trinajstić information content (AvgIpc) is 2.89. The Morgan fingerprint density at radius 2 is 2.32 bits per heavy atom. The molecule has 0 aromatic carbocycles. The highest BCUT2D eigenvalue weighted by Crippen LogP contribution is 2.31. The molecule has 1 fully saturated rings. The van der Waals surface area contributed by atoms with Gasteiger partial charge in [-0.05, 0) is 39.2 Å². The van der Waals surface area contributed by atoms with Crippen LogP contribution in [0.3, 0.4) is 0 Å². The number of carbonyl (C=O) groups excluding carboxylic acids is 1. The molecule has 0 spiro atoms. The molecule has 0 bridgehead atoms. The lowest BCUT2D eigenvalue weighted by molar-refractivity contribution is 0.0285. The second-order valence-corrected chi connectivity index (χ2v) is 6.52. The van der Waals surface area contributed by atoms with Crippen molar-refractivity contribution in [2.45, 2.75) is 38.8 Å². The van der Waals surface area contributed by atoms with Crippen LogP contribution >= 0.6 is 0 Å². The third-order valence-corrected chi connectivity index (χ3v) is 3.67. The predicted molar refractivity (Wildman–Crippen MR) is 80.2 cm³/mol. The van der Waals surface area contributed by atoms with Crippen molar-refractivity contribution in [3.8, 4) is 0 Å². The van der Waals surface area contributed by atoms with Crippen molar-refractivity contribution in [1.29, 1.82) is 0 Å². The SMILES string of the molecule is CC(C)(C)OC(=O)N1CCC(C(NN)c2ccncc2F)C1. The number of ether oxygens (including phenoxy) is 1. The number of halogens is 1. The van der Waals surface area contributed by atoms with Crippen LogP contribution in [0.5, 0.6) is 0 Å². The third kappa shape index (κ3) is 3.92. The molecule has 2 rings (SSSR count). The van der Waals surface area contributed by atoms with Gasteiger partial charge in [0.1, 0.15) is 11.4 Å². The van der Waals surface area contributed by atoms with E-state index in [0.717, 1.165) is 6.42 Å². The van der Waals surface area contributed by atoms with Crippen molar-refractivity contribution in [3.63, 3.8) is 0 Å². The Bertz CT molecular complexity index is 533. The molecule has 1 aromatic rings. The summed E-state index contributed by atoms with van der Waals surface area (Å²) in [5.74, 6) is 5.23. The summed E-state index contributed by atoms with van der Waals surface area (Å²) in [6.07, 6.45) is 3.08. The molecule has 1 saturated heterocycles. The van der Waals surface area contributed by atoms with Crippen LogP contribution in [0, 0.1) is 11.7 Å². The summed E-state index contributed by atoms with van der Waals surface area (Å²) in [5, 5.41) is 0. The van der Waals surface area contributed by atoms with Gasteiger partial charge in [-0.3, -0.25) is 16.3 Å². The topological polar surface area (TPSA) is 80.5 Å². The summed E-state index contributed by atoms with van der Waals surface area (Å²) in [6, 6.07) is 1.24. The molecule has 0 radical (unpaired) electrons. The van der Waals surface area contributed by atoms with Gasteiger partial charge in [-0.25, -0.2) is 9.18 Å². The molecule has 2 unspecified atom stereocenters. The number of pyridine rings is 1. The fourth-order valence-corrected chi connectivity index (χ4v) is 2.67. The van der Waals surface area contributed by atoms with Crippen LogP contribution < -0.4 is 11.3 Å². The van der Waals surface area contributed by atoms with Crippen molar-refractivity contribution in [2.24, 2.45) is 11.8 Å². The molecule has 1 amide bonds. The van der Waals surface area contributed by atoms with E-state index in [9.17, 15) is 9.18 Å². The Kier molecular flexibility index (Phi) is 4.97. The third-order valence-electron chi connectivity index (χ3n) is 3.67. The summed E-state index contributed by atoms with van der Waals surface area (Å²) < 4.78 is 19.3. The zero-order valence-electron chi connectivity index (χ0n) is 13.2. The van der Waals surface area contributed by atoms with Gasteiger partial charge < -0.3 is 9.64 Å². The van der Waals surface area contributed by atoms with Crippen LogP contribution in [0.2, 0.25) is 0 Å². The summed E-state index contributed by atoms with van der Waals surface area (Å²) >= 11 is 0. The molecule has 6 nitrogen and oxygen atoms in total. The van der Waals surface area contributed by atoms with Crippen LogP contribution in [0.4, 0.5) is 9.18 Å². The minimum Gasteiger partial charge on any atom is -0.444 e. The number of amides is 1. The predicted octanol–water partition coefficient (Wildman–Crippen LogP) is 1.98. The van der Waals surface area contributed by atoms with E-state index in [4.69, 9.17) is 10.6 Å². The highest BCUT2D eigenvalue weighted by atomic mass is 19.1. The van der Waals surface area contributed by atoms with E-state index in [0.29, 0.717) is 18.7 Å². The lowest BCUT2D eigenvalue weighted by atomic mass is 9.93. The van der Waals surface area contributed by atoms with Gasteiger partial charge >= 0.3 is 6.09 Å². The van der Waals surface area contributed by atoms with E-state index >= 15 is 0 Å². The summed E-state index contributed by atoms with van der Waals surface area (Å²) in [7, 11) is 0. The van der Waals surface area contributed by atoms with Crippen molar-refractivity contribution in [2.75, 3.05) is 13.1 Å². The summed E-state index contributed by atoms with van der Waals surface area (Å²) in [5.41, 5.74) is 2.60. The number of carbonyl (C=O) groups is 1. The van der Waals surface area contributed by atoms with E-state index in [1.807, 2.05) is 20.8 Å². The monoisotopic (exact) mass is 310 g/mol. The van der Waals surface area contributed by atoms with Crippen molar-refractivity contribution in [3.05, 3.63) is 29.8 Å². The van der Waals surface area contributed by atoms with Crippen LogP contribution in [-0.4, -0.2) is 34.7 Å². The maximum atomic E-state index is 13.9. The molecular formula is C15H23FN4O2. The van der Waals surface area contributed by atoms with Gasteiger partial charge in [0.25, 0.3) is 0 Å². The number of hydrogen-bond acceptors (Lipinski definition) is 5. The molecule has 0 aliphatic carbocycles. The lowest BCUT2D eigenvalue weighted by Crippen LogP contribution is -2.38. The molecule has 3 N–H and O–H groups in total. The molecule has 1 aliphatic heterocycles. The molecule has 122 valence electrons. The van der Waals surface area contributed by atoms with Crippen molar-refractivity contribution >= 4 is 6.09 Å². The maximum absolute atomic E-state index is 13.9. The van der Waals surface area contributed by atoms with Gasteiger partial charge in [-0.2, -0.15) is 0 Å². The first-order valence-corrected chi connectivity index (χ1v) is 7.35. The number of rotatable bonds is 3. The Balaban J connectivity index is 2.05. The first-order valence-electron chi connectivity index (χ1n) is 7.35. The number of likely N-dealkylation sites (tertiary alicyclic amines) is 1. The van der Waals surface area contributed by atoms with Gasteiger partial charge in [0.2, 0.25) is 0 Å². The number of aromatic nitrogens is 1. The first kappa shape index (κ1) is 16.6. The Labute approximate surface area is 129 Å². The van der Waals surface area contributed by atoms with Crippen molar-refractivity contribution in [1.82, 2.24) is 15.3 Å². The number of nitrogens with one attached hydrogen (secondary N) is 1. The Hall–Kier alpha value is -1.73. The van der Waals surface area contributed by atoms with E-state index in [1.165, 1.54) is 12.4 Å². The van der Waals surface area contributed by atoms with E-state index in [2.05, 4.69) is 10.4 Å². The van der Waals surface area contributed by atoms with Crippen LogP contribution in [0.25, 0.3) is 0 Å². The van der Waals surface area contributed by atoms with Gasteiger partial charge in [0.15, 0.2) is 0 Å². The molecule has 1 aliphatic rings. The molecule has 2 atom stereocenters. The van der Waals surface area contributed by atoms with Crippen LogP contribution in [-0.2, 0) is 4.74 Å². The quantitative estimate of drug-likeness (QED) is 0.659. The standard InChI is InChI=1S/C15H23FN4O2/c1-15(2,3)22-14(21)20-7-5-10(9-20)13(19-17)11-4-6-18-8-12(11)16/h4,6,8,10,13,19H,5,7,9,17H2,1-3H3. The Morgan fingerprint density at radius 3 is 2.91 bits per heavy atom. The largest absolute Gasteiger partial charge is 0.444 e. The second-order valence-electron chi connectivity index (χ2n) is 6.52. The highest BCUT2D eigenvalue weighted by Gasteiger charge is 2.35. The van der Waals surface area contributed by atoms with Crippen LogP contribution in [0.1, 0.15) is 38.8 Å². The zero-order valence-corrected chi connectivity index (χ0v) is 13.2. The van der Waals surface area contributed by atoms with E-state index < -0.39 is 11.4 Å².